The number of halogens is 2. The van der Waals surface area contributed by atoms with E-state index in [9.17, 15) is 29.3 Å². The van der Waals surface area contributed by atoms with Gasteiger partial charge in [-0.3, -0.25) is 29.3 Å². The summed E-state index contributed by atoms with van der Waals surface area (Å²) >= 11 is 12.1. The zero-order chi connectivity index (χ0) is 25.0. The van der Waals surface area contributed by atoms with E-state index >= 15 is 0 Å². The zero-order valence-electron chi connectivity index (χ0n) is 18.0. The molecule has 1 heterocycles. The second-order valence-electron chi connectivity index (χ2n) is 8.70. The minimum atomic E-state index is -0.819. The second kappa shape index (κ2) is 8.58. The molecule has 2 aliphatic carbocycles. The third kappa shape index (κ3) is 3.81. The summed E-state index contributed by atoms with van der Waals surface area (Å²) in [5.41, 5.74) is -0.189. The number of rotatable bonds is 6. The Kier molecular flexibility index (Phi) is 5.69. The number of nitro benzene ring substituents is 1. The number of hydrogen-bond acceptors (Lipinski definition) is 6. The third-order valence-corrected chi connectivity index (χ3v) is 7.32. The zero-order valence-corrected chi connectivity index (χ0v) is 19.5. The van der Waals surface area contributed by atoms with Crippen molar-refractivity contribution in [3.63, 3.8) is 0 Å². The molecule has 3 aliphatic rings. The monoisotopic (exact) mass is 513 g/mol. The van der Waals surface area contributed by atoms with E-state index in [4.69, 9.17) is 23.2 Å². The first-order valence-corrected chi connectivity index (χ1v) is 11.5. The third-order valence-electron chi connectivity index (χ3n) is 6.77. The highest BCUT2D eigenvalue weighted by atomic mass is 35.5. The fourth-order valence-electron chi connectivity index (χ4n) is 5.17. The number of carbonyl (C=O) groups excluding carboxylic acids is 4. The van der Waals surface area contributed by atoms with Crippen LogP contribution in [-0.4, -0.2) is 45.0 Å². The Morgan fingerprint density at radius 1 is 1.00 bits per heavy atom. The van der Waals surface area contributed by atoms with E-state index in [0.29, 0.717) is 11.4 Å². The van der Waals surface area contributed by atoms with Gasteiger partial charge in [0.05, 0.1) is 21.8 Å². The number of nitrogens with zero attached hydrogens (tertiary/aromatic N) is 3. The standard InChI is InChI=1S/C24H17Cl2N3O6/c25-15-5-8-17(18(26)10-15)19(30)11-27(22(31)12-3-6-16(7-4-12)29(34)35)28-23(32)20-13-1-2-14(9-13)21(20)24(28)33/h1-8,10,13-14,20-21H,9,11H2/t13-,14-,20-,21-/m0/s1. The number of hydrogen-bond donors (Lipinski definition) is 0. The molecule has 35 heavy (non-hydrogen) atoms. The van der Waals surface area contributed by atoms with E-state index in [2.05, 4.69) is 0 Å². The van der Waals surface area contributed by atoms with Crippen LogP contribution in [0.25, 0.3) is 0 Å². The first-order valence-electron chi connectivity index (χ1n) is 10.8. The van der Waals surface area contributed by atoms with E-state index in [1.807, 2.05) is 12.2 Å². The Hall–Kier alpha value is -3.56. The Morgan fingerprint density at radius 3 is 2.14 bits per heavy atom. The van der Waals surface area contributed by atoms with Crippen molar-refractivity contribution in [2.45, 2.75) is 6.42 Å². The number of allylic oxidation sites excluding steroid dienone is 2. The summed E-state index contributed by atoms with van der Waals surface area (Å²) < 4.78 is 0. The smallest absolute Gasteiger partial charge is 0.273 e. The van der Waals surface area contributed by atoms with Gasteiger partial charge in [0.2, 0.25) is 0 Å². The number of nitro groups is 1. The number of ketones is 1. The van der Waals surface area contributed by atoms with E-state index in [1.54, 1.807) is 0 Å². The van der Waals surface area contributed by atoms with Crippen LogP contribution in [-0.2, 0) is 9.59 Å². The first kappa shape index (κ1) is 23.2. The minimum absolute atomic E-state index is 0.0237. The molecule has 0 N–H and O–H groups in total. The maximum absolute atomic E-state index is 13.5. The summed E-state index contributed by atoms with van der Waals surface area (Å²) in [6.07, 6.45) is 4.54. The molecule has 2 bridgehead atoms. The lowest BCUT2D eigenvalue weighted by atomic mass is 9.85. The molecule has 11 heteroatoms. The molecule has 178 valence electrons. The normalized spacial score (nSPS) is 24.1. The quantitative estimate of drug-likeness (QED) is 0.189. The van der Waals surface area contributed by atoms with Crippen molar-refractivity contribution in [2.24, 2.45) is 23.7 Å². The summed E-state index contributed by atoms with van der Waals surface area (Å²) in [7, 11) is 0. The van der Waals surface area contributed by atoms with Gasteiger partial charge in [-0.05, 0) is 48.6 Å². The van der Waals surface area contributed by atoms with Crippen LogP contribution in [0.2, 0.25) is 10.0 Å². The lowest BCUT2D eigenvalue weighted by Gasteiger charge is -2.31. The second-order valence-corrected chi connectivity index (χ2v) is 9.55. The van der Waals surface area contributed by atoms with Gasteiger partial charge in [-0.25, -0.2) is 5.01 Å². The van der Waals surface area contributed by atoms with Crippen molar-refractivity contribution in [3.05, 3.63) is 85.9 Å². The molecule has 1 saturated carbocycles. The van der Waals surface area contributed by atoms with Crippen LogP contribution in [0.5, 0.6) is 0 Å². The maximum Gasteiger partial charge on any atom is 0.273 e. The van der Waals surface area contributed by atoms with Crippen molar-refractivity contribution in [3.8, 4) is 0 Å². The summed E-state index contributed by atoms with van der Waals surface area (Å²) in [6.45, 7) is -0.642. The molecule has 5 rings (SSSR count). The van der Waals surface area contributed by atoms with Crippen LogP contribution in [0, 0.1) is 33.8 Å². The molecule has 0 aromatic heterocycles. The van der Waals surface area contributed by atoms with Gasteiger partial charge in [0, 0.05) is 28.3 Å². The summed E-state index contributed by atoms with van der Waals surface area (Å²) in [6, 6.07) is 8.93. The first-order chi connectivity index (χ1) is 16.7. The van der Waals surface area contributed by atoms with E-state index < -0.39 is 46.8 Å². The molecule has 1 aliphatic heterocycles. The highest BCUT2D eigenvalue weighted by Gasteiger charge is 2.61. The van der Waals surface area contributed by atoms with Crippen LogP contribution >= 0.6 is 23.2 Å². The average Bonchev–Trinajstić information content (AvgIpc) is 3.51. The molecule has 0 radical (unpaired) electrons. The Labute approximate surface area is 209 Å². The fraction of sp³-hybridized carbons (Fsp3) is 0.250. The predicted molar refractivity (Wildman–Crippen MR) is 124 cm³/mol. The van der Waals surface area contributed by atoms with Crippen LogP contribution in [0.1, 0.15) is 27.1 Å². The average molecular weight is 514 g/mol. The molecule has 2 fully saturated rings. The highest BCUT2D eigenvalue weighted by molar-refractivity contribution is 6.37. The van der Waals surface area contributed by atoms with Crippen LogP contribution < -0.4 is 0 Å². The van der Waals surface area contributed by atoms with Crippen molar-refractivity contribution in [1.82, 2.24) is 10.0 Å². The molecule has 1 saturated heterocycles. The van der Waals surface area contributed by atoms with Crippen LogP contribution in [0.4, 0.5) is 5.69 Å². The summed E-state index contributed by atoms with van der Waals surface area (Å²) in [5.74, 6) is -3.86. The number of fused-ring (bicyclic) bond motifs is 5. The molecule has 3 amide bonds. The molecule has 4 atom stereocenters. The number of non-ortho nitro benzene ring substituents is 1. The molecule has 0 unspecified atom stereocenters. The molecule has 0 spiro atoms. The molecule has 2 aromatic carbocycles. The van der Waals surface area contributed by atoms with E-state index in [-0.39, 0.29) is 33.7 Å². The molecule has 2 aromatic rings. The Balaban J connectivity index is 1.51. The Bertz CT molecular complexity index is 1300. The van der Waals surface area contributed by atoms with Gasteiger partial charge in [-0.15, -0.1) is 0 Å². The number of benzene rings is 2. The molecule has 9 nitrogen and oxygen atoms in total. The minimum Gasteiger partial charge on any atom is -0.292 e. The van der Waals surface area contributed by atoms with Crippen molar-refractivity contribution in [1.29, 1.82) is 0 Å². The van der Waals surface area contributed by atoms with E-state index in [0.717, 1.165) is 22.2 Å². The Morgan fingerprint density at radius 2 is 1.60 bits per heavy atom. The highest BCUT2D eigenvalue weighted by Crippen LogP contribution is 2.52. The molecular formula is C24H17Cl2N3O6. The summed E-state index contributed by atoms with van der Waals surface area (Å²) in [4.78, 5) is 63.8. The van der Waals surface area contributed by atoms with Crippen molar-refractivity contribution < 1.29 is 24.1 Å². The summed E-state index contributed by atoms with van der Waals surface area (Å²) in [5, 5.41) is 12.9. The van der Waals surface area contributed by atoms with E-state index in [1.165, 1.54) is 30.3 Å². The van der Waals surface area contributed by atoms with Crippen molar-refractivity contribution in [2.75, 3.05) is 6.54 Å². The largest absolute Gasteiger partial charge is 0.292 e. The van der Waals surface area contributed by atoms with Gasteiger partial charge in [0.1, 0.15) is 6.54 Å². The number of hydrazine groups is 1. The topological polar surface area (TPSA) is 118 Å². The number of Topliss-reactive ketones (excluding diaryl/α,β-unsaturated/α-hetero) is 1. The molecular weight excluding hydrogens is 497 g/mol. The van der Waals surface area contributed by atoms with Crippen molar-refractivity contribution >= 4 is 52.4 Å². The SMILES string of the molecule is O=C(CN(C(=O)c1ccc([N+](=O)[O-])cc1)N1C(=O)[C@@H]2[C@@H](C1=O)[C@H]1C=C[C@H]2C1)c1ccc(Cl)cc1Cl. The van der Waals surface area contributed by atoms with Gasteiger partial charge in [-0.2, -0.15) is 5.01 Å². The van der Waals surface area contributed by atoms with Gasteiger partial charge in [0.15, 0.2) is 5.78 Å². The van der Waals surface area contributed by atoms with Crippen LogP contribution in [0.15, 0.2) is 54.6 Å². The maximum atomic E-state index is 13.5. The fourth-order valence-corrected chi connectivity index (χ4v) is 5.68. The van der Waals surface area contributed by atoms with Gasteiger partial charge >= 0.3 is 0 Å². The predicted octanol–water partition coefficient (Wildman–Crippen LogP) is 3.95. The van der Waals surface area contributed by atoms with Crippen LogP contribution in [0.3, 0.4) is 0 Å². The number of carbonyl (C=O) groups is 4. The number of imide groups is 1. The van der Waals surface area contributed by atoms with Gasteiger partial charge in [-0.1, -0.05) is 35.4 Å². The lowest BCUT2D eigenvalue weighted by molar-refractivity contribution is -0.384. The van der Waals surface area contributed by atoms with Gasteiger partial charge in [0.25, 0.3) is 23.4 Å². The van der Waals surface area contributed by atoms with Gasteiger partial charge < -0.3 is 0 Å². The lowest BCUT2D eigenvalue weighted by Crippen LogP contribution is -2.52. The number of amides is 3.